The number of aliphatic hydroxyl groups excluding tert-OH is 1. The summed E-state index contributed by atoms with van der Waals surface area (Å²) in [6, 6.07) is 2.07. The zero-order valence-corrected chi connectivity index (χ0v) is 10.2. The second-order valence-electron chi connectivity index (χ2n) is 4.05. The fourth-order valence-corrected chi connectivity index (χ4v) is 2.40. The zero-order chi connectivity index (χ0) is 11.4. The SMILES string of the molecule is Cn1cc(CCC(O)Cc2ccsc2)cn1. The Morgan fingerprint density at radius 3 is 3.00 bits per heavy atom. The molecule has 0 spiro atoms. The summed E-state index contributed by atoms with van der Waals surface area (Å²) in [6.07, 6.45) is 6.04. The van der Waals surface area contributed by atoms with E-state index in [0.29, 0.717) is 0 Å². The minimum absolute atomic E-state index is 0.255. The van der Waals surface area contributed by atoms with Gasteiger partial charge in [0.1, 0.15) is 0 Å². The van der Waals surface area contributed by atoms with E-state index >= 15 is 0 Å². The van der Waals surface area contributed by atoms with Crippen molar-refractivity contribution in [3.8, 4) is 0 Å². The van der Waals surface area contributed by atoms with E-state index in [0.717, 1.165) is 19.3 Å². The molecule has 0 radical (unpaired) electrons. The van der Waals surface area contributed by atoms with Gasteiger partial charge in [-0.3, -0.25) is 4.68 Å². The average Bonchev–Trinajstić information content (AvgIpc) is 2.87. The molecule has 2 rings (SSSR count). The maximum atomic E-state index is 9.87. The van der Waals surface area contributed by atoms with Crippen LogP contribution < -0.4 is 0 Å². The summed E-state index contributed by atoms with van der Waals surface area (Å²) in [7, 11) is 1.91. The van der Waals surface area contributed by atoms with Crippen LogP contribution in [-0.4, -0.2) is 21.0 Å². The monoisotopic (exact) mass is 236 g/mol. The summed E-state index contributed by atoms with van der Waals surface area (Å²) in [5.74, 6) is 0. The first-order valence-electron chi connectivity index (χ1n) is 5.40. The normalized spacial score (nSPS) is 12.9. The fourth-order valence-electron chi connectivity index (χ4n) is 1.72. The van der Waals surface area contributed by atoms with Crippen LogP contribution in [0.1, 0.15) is 17.5 Å². The number of aryl methyl sites for hydroxylation is 2. The van der Waals surface area contributed by atoms with Crippen molar-refractivity contribution in [3.63, 3.8) is 0 Å². The highest BCUT2D eigenvalue weighted by molar-refractivity contribution is 7.07. The van der Waals surface area contributed by atoms with Gasteiger partial charge in [-0.15, -0.1) is 0 Å². The molecule has 0 fully saturated rings. The Kier molecular flexibility index (Phi) is 3.74. The molecule has 0 saturated heterocycles. The van der Waals surface area contributed by atoms with E-state index in [4.69, 9.17) is 0 Å². The van der Waals surface area contributed by atoms with Crippen molar-refractivity contribution in [1.82, 2.24) is 9.78 Å². The topological polar surface area (TPSA) is 38.0 Å². The standard InChI is InChI=1S/C12H16N2OS/c1-14-8-11(7-13-14)2-3-12(15)6-10-4-5-16-9-10/h4-5,7-9,12,15H,2-3,6H2,1H3. The average molecular weight is 236 g/mol. The quantitative estimate of drug-likeness (QED) is 0.862. The van der Waals surface area contributed by atoms with Crippen LogP contribution >= 0.6 is 11.3 Å². The van der Waals surface area contributed by atoms with Gasteiger partial charge in [-0.1, -0.05) is 0 Å². The second kappa shape index (κ2) is 5.27. The summed E-state index contributed by atoms with van der Waals surface area (Å²) in [4.78, 5) is 0. The van der Waals surface area contributed by atoms with Gasteiger partial charge in [0.15, 0.2) is 0 Å². The maximum Gasteiger partial charge on any atom is 0.0584 e. The van der Waals surface area contributed by atoms with E-state index in [1.54, 1.807) is 16.0 Å². The molecule has 16 heavy (non-hydrogen) atoms. The van der Waals surface area contributed by atoms with Crippen molar-refractivity contribution in [1.29, 1.82) is 0 Å². The Balaban J connectivity index is 1.77. The fraction of sp³-hybridized carbons (Fsp3) is 0.417. The number of rotatable bonds is 5. The number of hydrogen-bond donors (Lipinski definition) is 1. The Bertz CT molecular complexity index is 422. The Labute approximate surface area is 99.4 Å². The molecular formula is C12H16N2OS. The molecule has 0 aliphatic carbocycles. The number of aliphatic hydroxyl groups is 1. The van der Waals surface area contributed by atoms with Crippen LogP contribution in [0.2, 0.25) is 0 Å². The predicted molar refractivity (Wildman–Crippen MR) is 65.6 cm³/mol. The van der Waals surface area contributed by atoms with Crippen molar-refractivity contribution in [2.45, 2.75) is 25.4 Å². The minimum atomic E-state index is -0.255. The highest BCUT2D eigenvalue weighted by Gasteiger charge is 2.07. The van der Waals surface area contributed by atoms with Crippen molar-refractivity contribution in [2.75, 3.05) is 0 Å². The van der Waals surface area contributed by atoms with E-state index in [-0.39, 0.29) is 6.10 Å². The van der Waals surface area contributed by atoms with E-state index in [1.165, 1.54) is 11.1 Å². The third kappa shape index (κ3) is 3.18. The Morgan fingerprint density at radius 2 is 2.38 bits per heavy atom. The van der Waals surface area contributed by atoms with Crippen molar-refractivity contribution in [3.05, 3.63) is 40.3 Å². The Hall–Kier alpha value is -1.13. The number of thiophene rings is 1. The molecule has 0 saturated carbocycles. The van der Waals surface area contributed by atoms with Gasteiger partial charge in [0.05, 0.1) is 12.3 Å². The molecule has 2 aromatic rings. The van der Waals surface area contributed by atoms with Gasteiger partial charge in [0.25, 0.3) is 0 Å². The number of hydrogen-bond acceptors (Lipinski definition) is 3. The van der Waals surface area contributed by atoms with Crippen LogP contribution in [0.4, 0.5) is 0 Å². The first-order valence-corrected chi connectivity index (χ1v) is 6.35. The van der Waals surface area contributed by atoms with E-state index < -0.39 is 0 Å². The molecule has 1 unspecified atom stereocenters. The van der Waals surface area contributed by atoms with E-state index in [2.05, 4.69) is 16.5 Å². The lowest BCUT2D eigenvalue weighted by Gasteiger charge is -2.08. The summed E-state index contributed by atoms with van der Waals surface area (Å²) in [5, 5.41) is 18.1. The summed E-state index contributed by atoms with van der Waals surface area (Å²) in [5.41, 5.74) is 2.41. The molecule has 4 heteroatoms. The number of aromatic nitrogens is 2. The largest absolute Gasteiger partial charge is 0.393 e. The van der Waals surface area contributed by atoms with Crippen LogP contribution in [0.3, 0.4) is 0 Å². The van der Waals surface area contributed by atoms with Gasteiger partial charge in [0.2, 0.25) is 0 Å². The molecule has 0 bridgehead atoms. The van der Waals surface area contributed by atoms with Gasteiger partial charge in [-0.2, -0.15) is 16.4 Å². The first-order chi connectivity index (χ1) is 7.74. The first kappa shape index (κ1) is 11.4. The van der Waals surface area contributed by atoms with Crippen LogP contribution in [-0.2, 0) is 19.9 Å². The van der Waals surface area contributed by atoms with E-state index in [9.17, 15) is 5.11 Å². The van der Waals surface area contributed by atoms with Gasteiger partial charge >= 0.3 is 0 Å². The highest BCUT2D eigenvalue weighted by atomic mass is 32.1. The minimum Gasteiger partial charge on any atom is -0.393 e. The third-order valence-corrected chi connectivity index (χ3v) is 3.31. The molecule has 3 nitrogen and oxygen atoms in total. The molecule has 0 aliphatic rings. The number of nitrogens with zero attached hydrogens (tertiary/aromatic N) is 2. The molecular weight excluding hydrogens is 220 g/mol. The van der Waals surface area contributed by atoms with Crippen LogP contribution in [0, 0.1) is 0 Å². The van der Waals surface area contributed by atoms with Gasteiger partial charge in [-0.25, -0.2) is 0 Å². The van der Waals surface area contributed by atoms with Gasteiger partial charge < -0.3 is 5.11 Å². The molecule has 2 heterocycles. The smallest absolute Gasteiger partial charge is 0.0584 e. The highest BCUT2D eigenvalue weighted by Crippen LogP contribution is 2.12. The van der Waals surface area contributed by atoms with Crippen LogP contribution in [0.15, 0.2) is 29.2 Å². The molecule has 0 aliphatic heterocycles. The van der Waals surface area contributed by atoms with Gasteiger partial charge in [0, 0.05) is 13.2 Å². The summed E-state index contributed by atoms with van der Waals surface area (Å²) in [6.45, 7) is 0. The van der Waals surface area contributed by atoms with Crippen molar-refractivity contribution < 1.29 is 5.11 Å². The third-order valence-electron chi connectivity index (χ3n) is 2.58. The Morgan fingerprint density at radius 1 is 1.50 bits per heavy atom. The second-order valence-corrected chi connectivity index (χ2v) is 4.83. The van der Waals surface area contributed by atoms with Crippen molar-refractivity contribution >= 4 is 11.3 Å². The predicted octanol–water partition coefficient (Wildman–Crippen LogP) is 2.02. The lowest BCUT2D eigenvalue weighted by Crippen LogP contribution is -2.10. The lowest BCUT2D eigenvalue weighted by atomic mass is 10.0. The maximum absolute atomic E-state index is 9.87. The lowest BCUT2D eigenvalue weighted by molar-refractivity contribution is 0.165. The van der Waals surface area contributed by atoms with Crippen molar-refractivity contribution in [2.24, 2.45) is 7.05 Å². The van der Waals surface area contributed by atoms with Crippen LogP contribution in [0.25, 0.3) is 0 Å². The zero-order valence-electron chi connectivity index (χ0n) is 9.34. The molecule has 1 atom stereocenters. The summed E-state index contributed by atoms with van der Waals surface area (Å²) < 4.78 is 1.79. The van der Waals surface area contributed by atoms with Crippen LogP contribution in [0.5, 0.6) is 0 Å². The van der Waals surface area contributed by atoms with E-state index in [1.807, 2.05) is 24.8 Å². The molecule has 0 amide bonds. The molecule has 1 N–H and O–H groups in total. The van der Waals surface area contributed by atoms with Gasteiger partial charge in [-0.05, 0) is 47.2 Å². The molecule has 86 valence electrons. The molecule has 2 aromatic heterocycles. The molecule has 0 aromatic carbocycles. The summed E-state index contributed by atoms with van der Waals surface area (Å²) >= 11 is 1.67.